The zero-order chi connectivity index (χ0) is 13.5. The fourth-order valence-electron chi connectivity index (χ4n) is 2.40. The van der Waals surface area contributed by atoms with Crippen LogP contribution in [0, 0.1) is 0 Å². The van der Waals surface area contributed by atoms with Crippen LogP contribution in [0.15, 0.2) is 18.2 Å². The number of hydrogen-bond donors (Lipinski definition) is 1. The Balaban J connectivity index is 1.96. The first-order valence-electron chi connectivity index (χ1n) is 7.06. The van der Waals surface area contributed by atoms with E-state index in [1.165, 1.54) is 25.9 Å². The summed E-state index contributed by atoms with van der Waals surface area (Å²) in [5, 5.41) is 9.38. The van der Waals surface area contributed by atoms with Gasteiger partial charge in [-0.2, -0.15) is 0 Å². The van der Waals surface area contributed by atoms with Gasteiger partial charge in [0.05, 0.1) is 13.2 Å². The van der Waals surface area contributed by atoms with Gasteiger partial charge in [0.25, 0.3) is 0 Å². The number of nitrogens with zero attached hydrogens (tertiary/aromatic N) is 1. The highest BCUT2D eigenvalue weighted by Crippen LogP contribution is 2.31. The largest absolute Gasteiger partial charge is 0.490 e. The van der Waals surface area contributed by atoms with Crippen molar-refractivity contribution in [2.75, 3.05) is 32.8 Å². The molecule has 1 fully saturated rings. The van der Waals surface area contributed by atoms with Crippen molar-refractivity contribution in [3.8, 4) is 11.5 Å². The highest BCUT2D eigenvalue weighted by Gasteiger charge is 2.13. The molecule has 19 heavy (non-hydrogen) atoms. The van der Waals surface area contributed by atoms with E-state index in [1.54, 1.807) is 0 Å². The van der Waals surface area contributed by atoms with Crippen LogP contribution in [0.2, 0.25) is 0 Å². The Labute approximate surface area is 114 Å². The van der Waals surface area contributed by atoms with E-state index in [2.05, 4.69) is 4.90 Å². The van der Waals surface area contributed by atoms with Crippen molar-refractivity contribution in [1.29, 1.82) is 0 Å². The maximum Gasteiger partial charge on any atom is 0.166 e. The maximum absolute atomic E-state index is 9.38. The lowest BCUT2D eigenvalue weighted by atomic mass is 10.2. The van der Waals surface area contributed by atoms with Crippen LogP contribution in [0.25, 0.3) is 0 Å². The Kier molecular flexibility index (Phi) is 5.48. The quantitative estimate of drug-likeness (QED) is 0.819. The van der Waals surface area contributed by atoms with E-state index >= 15 is 0 Å². The molecule has 2 rings (SSSR count). The first kappa shape index (κ1) is 14.2. The highest BCUT2D eigenvalue weighted by atomic mass is 16.5. The third-order valence-corrected chi connectivity index (χ3v) is 3.38. The molecule has 1 aromatic carbocycles. The first-order valence-corrected chi connectivity index (χ1v) is 7.06. The molecular weight excluding hydrogens is 242 g/mol. The fourth-order valence-corrected chi connectivity index (χ4v) is 2.40. The van der Waals surface area contributed by atoms with E-state index < -0.39 is 0 Å². The number of ether oxygens (including phenoxy) is 2. The number of hydrogen-bond acceptors (Lipinski definition) is 4. The smallest absolute Gasteiger partial charge is 0.166 e. The van der Waals surface area contributed by atoms with Crippen molar-refractivity contribution in [3.63, 3.8) is 0 Å². The average Bonchev–Trinajstić information content (AvgIpc) is 2.93. The van der Waals surface area contributed by atoms with Crippen LogP contribution >= 0.6 is 0 Å². The van der Waals surface area contributed by atoms with Gasteiger partial charge in [-0.15, -0.1) is 0 Å². The fraction of sp³-hybridized carbons (Fsp3) is 0.600. The summed E-state index contributed by atoms with van der Waals surface area (Å²) in [5.74, 6) is 1.40. The summed E-state index contributed by atoms with van der Waals surface area (Å²) in [6, 6.07) is 5.63. The molecule has 1 heterocycles. The first-order chi connectivity index (χ1) is 9.35. The van der Waals surface area contributed by atoms with Crippen LogP contribution < -0.4 is 9.47 Å². The zero-order valence-electron chi connectivity index (χ0n) is 11.6. The van der Waals surface area contributed by atoms with E-state index in [0.717, 1.165) is 17.9 Å². The molecule has 1 N–H and O–H groups in total. The number of benzene rings is 1. The number of likely N-dealkylation sites (tertiary alicyclic amines) is 1. The predicted octanol–water partition coefficient (Wildman–Crippen LogP) is 2.05. The molecule has 1 aliphatic rings. The van der Waals surface area contributed by atoms with Crippen LogP contribution in [-0.4, -0.2) is 42.9 Å². The number of rotatable bonds is 7. The number of para-hydroxylation sites is 1. The second kappa shape index (κ2) is 7.36. The Hall–Kier alpha value is -1.26. The molecule has 0 bridgehead atoms. The van der Waals surface area contributed by atoms with E-state index in [9.17, 15) is 5.11 Å². The Morgan fingerprint density at radius 2 is 2.00 bits per heavy atom. The van der Waals surface area contributed by atoms with Gasteiger partial charge in [0.1, 0.15) is 6.61 Å². The summed E-state index contributed by atoms with van der Waals surface area (Å²) in [7, 11) is 0. The molecule has 0 saturated carbocycles. The molecule has 0 spiro atoms. The standard InChI is InChI=1S/C15H23NO3/c1-2-18-14-7-5-6-13(12-17)15(14)19-11-10-16-8-3-4-9-16/h5-7,17H,2-4,8-12H2,1H3. The molecule has 106 valence electrons. The monoisotopic (exact) mass is 265 g/mol. The molecule has 4 nitrogen and oxygen atoms in total. The molecule has 1 saturated heterocycles. The minimum Gasteiger partial charge on any atom is -0.490 e. The summed E-state index contributed by atoms with van der Waals surface area (Å²) in [6.45, 7) is 6.42. The van der Waals surface area contributed by atoms with Gasteiger partial charge in [0, 0.05) is 12.1 Å². The third-order valence-electron chi connectivity index (χ3n) is 3.38. The summed E-state index contributed by atoms with van der Waals surface area (Å²) < 4.78 is 11.4. The lowest BCUT2D eigenvalue weighted by molar-refractivity contribution is 0.216. The van der Waals surface area contributed by atoms with Gasteiger partial charge in [-0.05, 0) is 38.9 Å². The van der Waals surface area contributed by atoms with Crippen molar-refractivity contribution in [3.05, 3.63) is 23.8 Å². The van der Waals surface area contributed by atoms with Crippen LogP contribution in [0.5, 0.6) is 11.5 Å². The van der Waals surface area contributed by atoms with Crippen molar-refractivity contribution in [2.45, 2.75) is 26.4 Å². The Bertz CT molecular complexity index is 389. The Morgan fingerprint density at radius 3 is 2.68 bits per heavy atom. The molecule has 0 unspecified atom stereocenters. The number of aliphatic hydroxyl groups excluding tert-OH is 1. The van der Waals surface area contributed by atoms with E-state index in [1.807, 2.05) is 25.1 Å². The molecule has 0 atom stereocenters. The second-order valence-corrected chi connectivity index (χ2v) is 4.73. The summed E-state index contributed by atoms with van der Waals surface area (Å²) >= 11 is 0. The molecule has 4 heteroatoms. The minimum absolute atomic E-state index is 0.0278. The normalized spacial score (nSPS) is 15.7. The van der Waals surface area contributed by atoms with Crippen molar-refractivity contribution >= 4 is 0 Å². The SMILES string of the molecule is CCOc1cccc(CO)c1OCCN1CCCC1. The van der Waals surface area contributed by atoms with Crippen LogP contribution in [0.1, 0.15) is 25.3 Å². The topological polar surface area (TPSA) is 41.9 Å². The molecule has 0 radical (unpaired) electrons. The van der Waals surface area contributed by atoms with Crippen LogP contribution in [0.3, 0.4) is 0 Å². The molecule has 1 aromatic rings. The van der Waals surface area contributed by atoms with Crippen molar-refractivity contribution < 1.29 is 14.6 Å². The van der Waals surface area contributed by atoms with Crippen LogP contribution in [-0.2, 0) is 6.61 Å². The lowest BCUT2D eigenvalue weighted by Gasteiger charge is -2.18. The highest BCUT2D eigenvalue weighted by molar-refractivity contribution is 5.46. The van der Waals surface area contributed by atoms with Gasteiger partial charge in [-0.1, -0.05) is 12.1 Å². The van der Waals surface area contributed by atoms with Gasteiger partial charge < -0.3 is 14.6 Å². The van der Waals surface area contributed by atoms with Gasteiger partial charge in [0.15, 0.2) is 11.5 Å². The van der Waals surface area contributed by atoms with E-state index in [4.69, 9.17) is 9.47 Å². The van der Waals surface area contributed by atoms with Gasteiger partial charge >= 0.3 is 0 Å². The summed E-state index contributed by atoms with van der Waals surface area (Å²) in [4.78, 5) is 2.40. The number of aliphatic hydroxyl groups is 1. The van der Waals surface area contributed by atoms with Gasteiger partial charge in [-0.3, -0.25) is 4.90 Å². The van der Waals surface area contributed by atoms with Gasteiger partial charge in [0.2, 0.25) is 0 Å². The average molecular weight is 265 g/mol. The molecule has 0 aliphatic carbocycles. The molecule has 1 aliphatic heterocycles. The minimum atomic E-state index is -0.0278. The predicted molar refractivity (Wildman–Crippen MR) is 74.7 cm³/mol. The lowest BCUT2D eigenvalue weighted by Crippen LogP contribution is -2.25. The van der Waals surface area contributed by atoms with Crippen molar-refractivity contribution in [1.82, 2.24) is 4.90 Å². The van der Waals surface area contributed by atoms with E-state index in [-0.39, 0.29) is 6.61 Å². The summed E-state index contributed by atoms with van der Waals surface area (Å²) in [6.07, 6.45) is 2.58. The Morgan fingerprint density at radius 1 is 1.21 bits per heavy atom. The maximum atomic E-state index is 9.38. The molecule has 0 amide bonds. The van der Waals surface area contributed by atoms with E-state index in [0.29, 0.717) is 19.0 Å². The van der Waals surface area contributed by atoms with Crippen molar-refractivity contribution in [2.24, 2.45) is 0 Å². The van der Waals surface area contributed by atoms with Crippen LogP contribution in [0.4, 0.5) is 0 Å². The zero-order valence-corrected chi connectivity index (χ0v) is 11.6. The second-order valence-electron chi connectivity index (χ2n) is 4.73. The van der Waals surface area contributed by atoms with Gasteiger partial charge in [-0.25, -0.2) is 0 Å². The molecule has 0 aromatic heterocycles. The summed E-state index contributed by atoms with van der Waals surface area (Å²) in [5.41, 5.74) is 0.785. The molecular formula is C15H23NO3. The third kappa shape index (κ3) is 3.85.